The maximum absolute atomic E-state index is 12.0. The Bertz CT molecular complexity index is 840. The first kappa shape index (κ1) is 16.5. The van der Waals surface area contributed by atoms with Crippen LogP contribution in [0.3, 0.4) is 0 Å². The average Bonchev–Trinajstić information content (AvgIpc) is 2.68. The maximum atomic E-state index is 12.0. The van der Waals surface area contributed by atoms with Crippen molar-refractivity contribution in [2.75, 3.05) is 6.61 Å². The van der Waals surface area contributed by atoms with Crippen LogP contribution in [0.5, 0.6) is 11.5 Å². The number of benzene rings is 3. The summed E-state index contributed by atoms with van der Waals surface area (Å²) >= 11 is 0. The third-order valence-electron chi connectivity index (χ3n) is 3.50. The van der Waals surface area contributed by atoms with Gasteiger partial charge in [0.2, 0.25) is 0 Å². The second kappa shape index (κ2) is 7.93. The minimum atomic E-state index is -0.546. The largest absolute Gasteiger partial charge is 0.457 e. The molecule has 0 saturated heterocycles. The Balaban J connectivity index is 1.56. The number of hydrogen-bond donors (Lipinski definition) is 0. The molecule has 3 aromatic rings. The average molecular weight is 332 g/mol. The smallest absolute Gasteiger partial charge is 0.338 e. The quantitative estimate of drug-likeness (QED) is 0.492. The first-order chi connectivity index (χ1) is 12.2. The van der Waals surface area contributed by atoms with Crippen LogP contribution in [-0.4, -0.2) is 18.4 Å². The number of carbonyl (C=O) groups is 2. The molecule has 4 heteroatoms. The number of para-hydroxylation sites is 1. The molecule has 3 rings (SSSR count). The number of rotatable bonds is 6. The molecule has 0 radical (unpaired) electrons. The lowest BCUT2D eigenvalue weighted by molar-refractivity contribution is 0.0474. The zero-order valence-corrected chi connectivity index (χ0v) is 13.4. The van der Waals surface area contributed by atoms with E-state index in [2.05, 4.69) is 0 Å². The molecule has 0 atom stereocenters. The summed E-state index contributed by atoms with van der Waals surface area (Å²) in [7, 11) is 0. The Morgan fingerprint density at radius 2 is 1.20 bits per heavy atom. The van der Waals surface area contributed by atoms with Crippen molar-refractivity contribution >= 4 is 11.8 Å². The van der Waals surface area contributed by atoms with Crippen LogP contribution >= 0.6 is 0 Å². The van der Waals surface area contributed by atoms with Crippen molar-refractivity contribution in [3.63, 3.8) is 0 Å². The van der Waals surface area contributed by atoms with Crippen molar-refractivity contribution in [3.05, 3.63) is 96.1 Å². The predicted molar refractivity (Wildman–Crippen MR) is 94.0 cm³/mol. The van der Waals surface area contributed by atoms with Crippen molar-refractivity contribution in [2.45, 2.75) is 0 Å². The fourth-order valence-corrected chi connectivity index (χ4v) is 2.21. The van der Waals surface area contributed by atoms with Gasteiger partial charge in [-0.15, -0.1) is 0 Å². The van der Waals surface area contributed by atoms with E-state index in [1.165, 1.54) is 0 Å². The Kier molecular flexibility index (Phi) is 5.22. The van der Waals surface area contributed by atoms with Crippen LogP contribution in [0, 0.1) is 0 Å². The van der Waals surface area contributed by atoms with Crippen LogP contribution in [0.25, 0.3) is 0 Å². The summed E-state index contributed by atoms with van der Waals surface area (Å²) in [5.74, 6) is 0.544. The van der Waals surface area contributed by atoms with Gasteiger partial charge in [0.15, 0.2) is 12.4 Å². The molecule has 0 aliphatic carbocycles. The monoisotopic (exact) mass is 332 g/mol. The zero-order chi connectivity index (χ0) is 17.5. The second-order valence-corrected chi connectivity index (χ2v) is 5.30. The highest BCUT2D eigenvalue weighted by molar-refractivity contribution is 5.99. The minimum Gasteiger partial charge on any atom is -0.457 e. The number of ether oxygens (including phenoxy) is 2. The molecule has 0 spiro atoms. The van der Waals surface area contributed by atoms with Crippen molar-refractivity contribution in [3.8, 4) is 11.5 Å². The van der Waals surface area contributed by atoms with E-state index in [4.69, 9.17) is 9.47 Å². The van der Waals surface area contributed by atoms with Crippen LogP contribution in [0.15, 0.2) is 84.9 Å². The predicted octanol–water partition coefficient (Wildman–Crippen LogP) is 4.52. The minimum absolute atomic E-state index is 0.238. The van der Waals surface area contributed by atoms with Gasteiger partial charge in [-0.2, -0.15) is 0 Å². The molecule has 0 saturated carbocycles. The summed E-state index contributed by atoms with van der Waals surface area (Å²) in [6, 6.07) is 24.7. The fourth-order valence-electron chi connectivity index (χ4n) is 2.21. The van der Waals surface area contributed by atoms with Crippen LogP contribution < -0.4 is 4.74 Å². The molecule has 25 heavy (non-hydrogen) atoms. The molecular weight excluding hydrogens is 316 g/mol. The van der Waals surface area contributed by atoms with Crippen molar-refractivity contribution < 1.29 is 19.1 Å². The highest BCUT2D eigenvalue weighted by Crippen LogP contribution is 2.21. The number of ketones is 1. The van der Waals surface area contributed by atoms with Crippen molar-refractivity contribution in [2.24, 2.45) is 0 Å². The van der Waals surface area contributed by atoms with E-state index in [-0.39, 0.29) is 12.4 Å². The van der Waals surface area contributed by atoms with Gasteiger partial charge in [0, 0.05) is 5.56 Å². The molecule has 0 N–H and O–H groups in total. The summed E-state index contributed by atoms with van der Waals surface area (Å²) in [5, 5.41) is 0. The third kappa shape index (κ3) is 4.54. The molecule has 4 nitrogen and oxygen atoms in total. The van der Waals surface area contributed by atoms with Crippen molar-refractivity contribution in [1.82, 2.24) is 0 Å². The van der Waals surface area contributed by atoms with Crippen molar-refractivity contribution in [1.29, 1.82) is 0 Å². The first-order valence-corrected chi connectivity index (χ1v) is 7.81. The topological polar surface area (TPSA) is 52.6 Å². The van der Waals surface area contributed by atoms with Crippen LogP contribution in [-0.2, 0) is 4.74 Å². The highest BCUT2D eigenvalue weighted by Gasteiger charge is 2.11. The van der Waals surface area contributed by atoms with Gasteiger partial charge < -0.3 is 9.47 Å². The Morgan fingerprint density at radius 3 is 1.84 bits per heavy atom. The number of hydrogen-bond acceptors (Lipinski definition) is 4. The zero-order valence-electron chi connectivity index (χ0n) is 13.4. The Labute approximate surface area is 145 Å². The molecular formula is C21H16O4. The van der Waals surface area contributed by atoms with Crippen LogP contribution in [0.1, 0.15) is 20.7 Å². The number of Topliss-reactive ketones (excluding diaryl/α,β-unsaturated/α-hetero) is 1. The van der Waals surface area contributed by atoms with Gasteiger partial charge in [0.05, 0.1) is 5.56 Å². The SMILES string of the molecule is O=C(COC(=O)c1ccc(Oc2ccccc2)cc1)c1ccccc1. The van der Waals surface area contributed by atoms with Crippen LogP contribution in [0.4, 0.5) is 0 Å². The molecule has 124 valence electrons. The van der Waals surface area contributed by atoms with E-state index in [1.807, 2.05) is 36.4 Å². The third-order valence-corrected chi connectivity index (χ3v) is 3.50. The summed E-state index contributed by atoms with van der Waals surface area (Å²) in [5.41, 5.74) is 0.878. The van der Waals surface area contributed by atoms with Gasteiger partial charge in [-0.25, -0.2) is 4.79 Å². The molecule has 0 aliphatic rings. The van der Waals surface area contributed by atoms with E-state index in [0.717, 1.165) is 0 Å². The van der Waals surface area contributed by atoms with E-state index < -0.39 is 5.97 Å². The summed E-state index contributed by atoms with van der Waals surface area (Å²) in [6.07, 6.45) is 0. The lowest BCUT2D eigenvalue weighted by atomic mass is 10.1. The van der Waals surface area contributed by atoms with Gasteiger partial charge in [-0.3, -0.25) is 4.79 Å². The van der Waals surface area contributed by atoms with E-state index in [0.29, 0.717) is 22.6 Å². The molecule has 0 unspecified atom stereocenters. The highest BCUT2D eigenvalue weighted by atomic mass is 16.5. The summed E-state index contributed by atoms with van der Waals surface area (Å²) in [4.78, 5) is 24.0. The second-order valence-electron chi connectivity index (χ2n) is 5.30. The Morgan fingerprint density at radius 1 is 0.640 bits per heavy atom. The fraction of sp³-hybridized carbons (Fsp3) is 0.0476. The molecule has 0 amide bonds. The normalized spacial score (nSPS) is 10.1. The van der Waals surface area contributed by atoms with Crippen LogP contribution in [0.2, 0.25) is 0 Å². The number of carbonyl (C=O) groups excluding carboxylic acids is 2. The number of esters is 1. The maximum Gasteiger partial charge on any atom is 0.338 e. The summed E-state index contributed by atoms with van der Waals surface area (Å²) < 4.78 is 10.7. The first-order valence-electron chi connectivity index (χ1n) is 7.81. The summed E-state index contributed by atoms with van der Waals surface area (Å²) in [6.45, 7) is -0.287. The van der Waals surface area contributed by atoms with Gasteiger partial charge in [-0.1, -0.05) is 48.5 Å². The van der Waals surface area contributed by atoms with Gasteiger partial charge in [0.1, 0.15) is 11.5 Å². The van der Waals surface area contributed by atoms with Gasteiger partial charge in [0.25, 0.3) is 0 Å². The Hall–Kier alpha value is -3.40. The molecule has 0 fully saturated rings. The molecule has 0 heterocycles. The lowest BCUT2D eigenvalue weighted by Gasteiger charge is -2.07. The van der Waals surface area contributed by atoms with E-state index >= 15 is 0 Å². The standard InChI is InChI=1S/C21H16O4/c22-20(16-7-3-1-4-8-16)15-24-21(23)17-11-13-19(14-12-17)25-18-9-5-2-6-10-18/h1-14H,15H2. The molecule has 0 aromatic heterocycles. The molecule has 3 aromatic carbocycles. The van der Waals surface area contributed by atoms with E-state index in [9.17, 15) is 9.59 Å². The van der Waals surface area contributed by atoms with Gasteiger partial charge >= 0.3 is 5.97 Å². The lowest BCUT2D eigenvalue weighted by Crippen LogP contribution is -2.14. The molecule has 0 bridgehead atoms. The van der Waals surface area contributed by atoms with E-state index in [1.54, 1.807) is 48.5 Å². The van der Waals surface area contributed by atoms with Gasteiger partial charge in [-0.05, 0) is 36.4 Å². The molecule has 0 aliphatic heterocycles.